The molecule has 0 bridgehead atoms. The Balaban J connectivity index is 2.75. The van der Waals surface area contributed by atoms with E-state index in [1.807, 2.05) is 0 Å². The molecule has 0 saturated carbocycles. The molecule has 0 radical (unpaired) electrons. The Hall–Kier alpha value is -0.130. The predicted octanol–water partition coefficient (Wildman–Crippen LogP) is 2.30. The molecule has 1 unspecified atom stereocenters. The largest absolute Gasteiger partial charge is 0.750 e. The summed E-state index contributed by atoms with van der Waals surface area (Å²) in [5.74, 6) is 0. The first-order valence-corrected chi connectivity index (χ1v) is 5.01. The Bertz CT molecular complexity index is 330. The SMILES string of the molecule is O=S([O-])OCc1cc(Cl)ccc1Cl. The lowest BCUT2D eigenvalue weighted by atomic mass is 10.2. The highest BCUT2D eigenvalue weighted by atomic mass is 35.5. The van der Waals surface area contributed by atoms with E-state index in [1.165, 1.54) is 0 Å². The first-order valence-electron chi connectivity index (χ1n) is 3.26. The molecular formula is C7H5Cl2O3S-. The molecular weight excluding hydrogens is 235 g/mol. The lowest BCUT2D eigenvalue weighted by Gasteiger charge is -2.07. The van der Waals surface area contributed by atoms with Gasteiger partial charge in [0.2, 0.25) is 0 Å². The van der Waals surface area contributed by atoms with Crippen molar-refractivity contribution in [2.75, 3.05) is 0 Å². The van der Waals surface area contributed by atoms with Crippen LogP contribution in [0, 0.1) is 0 Å². The second kappa shape index (κ2) is 4.93. The Labute approximate surface area is 88.1 Å². The fourth-order valence-electron chi connectivity index (χ4n) is 0.766. The second-order valence-electron chi connectivity index (χ2n) is 2.20. The van der Waals surface area contributed by atoms with Crippen molar-refractivity contribution in [3.8, 4) is 0 Å². The van der Waals surface area contributed by atoms with Gasteiger partial charge in [-0.15, -0.1) is 0 Å². The summed E-state index contributed by atoms with van der Waals surface area (Å²) >= 11 is 8.87. The summed E-state index contributed by atoms with van der Waals surface area (Å²) in [6.45, 7) is -0.102. The Kier molecular flexibility index (Phi) is 4.15. The van der Waals surface area contributed by atoms with Gasteiger partial charge < -0.3 is 4.55 Å². The minimum absolute atomic E-state index is 0.102. The van der Waals surface area contributed by atoms with Gasteiger partial charge in [-0.2, -0.15) is 0 Å². The molecule has 0 aliphatic rings. The molecule has 72 valence electrons. The van der Waals surface area contributed by atoms with Gasteiger partial charge in [-0.3, -0.25) is 4.18 Å². The fraction of sp³-hybridized carbons (Fsp3) is 0.143. The molecule has 0 spiro atoms. The Morgan fingerprint density at radius 2 is 2.15 bits per heavy atom. The van der Waals surface area contributed by atoms with Crippen molar-refractivity contribution in [1.29, 1.82) is 0 Å². The van der Waals surface area contributed by atoms with Gasteiger partial charge in [0.25, 0.3) is 0 Å². The summed E-state index contributed by atoms with van der Waals surface area (Å²) in [6, 6.07) is 4.74. The molecule has 1 aromatic carbocycles. The zero-order chi connectivity index (χ0) is 9.84. The maximum atomic E-state index is 10.1. The quantitative estimate of drug-likeness (QED) is 0.761. The van der Waals surface area contributed by atoms with Gasteiger partial charge in [0.15, 0.2) is 0 Å². The van der Waals surface area contributed by atoms with Crippen LogP contribution in [0.4, 0.5) is 0 Å². The molecule has 0 fully saturated rings. The highest BCUT2D eigenvalue weighted by Crippen LogP contribution is 2.21. The third-order valence-corrected chi connectivity index (χ3v) is 2.23. The van der Waals surface area contributed by atoms with Crippen LogP contribution >= 0.6 is 23.2 Å². The maximum Gasteiger partial charge on any atom is 0.0894 e. The smallest absolute Gasteiger partial charge is 0.0894 e. The zero-order valence-electron chi connectivity index (χ0n) is 6.33. The standard InChI is InChI=1S/C7H6Cl2O3S/c8-6-1-2-7(9)5(3-6)4-12-13(10)11/h1-3H,4H2,(H,10,11)/p-1. The van der Waals surface area contributed by atoms with E-state index in [-0.39, 0.29) is 6.61 Å². The van der Waals surface area contributed by atoms with Crippen molar-refractivity contribution < 1.29 is 12.9 Å². The Morgan fingerprint density at radius 1 is 1.46 bits per heavy atom. The first kappa shape index (κ1) is 10.9. The van der Waals surface area contributed by atoms with E-state index >= 15 is 0 Å². The van der Waals surface area contributed by atoms with Crippen LogP contribution in [0.15, 0.2) is 18.2 Å². The maximum absolute atomic E-state index is 10.1. The summed E-state index contributed by atoms with van der Waals surface area (Å²) in [7, 11) is 0. The lowest BCUT2D eigenvalue weighted by molar-refractivity contribution is 0.291. The van der Waals surface area contributed by atoms with Gasteiger partial charge in [-0.1, -0.05) is 23.2 Å². The van der Waals surface area contributed by atoms with Crippen LogP contribution in [-0.4, -0.2) is 8.76 Å². The molecule has 1 atom stereocenters. The Morgan fingerprint density at radius 3 is 2.77 bits per heavy atom. The molecule has 0 aromatic heterocycles. The highest BCUT2D eigenvalue weighted by Gasteiger charge is 2.01. The van der Waals surface area contributed by atoms with Crippen molar-refractivity contribution in [1.82, 2.24) is 0 Å². The number of hydrogen-bond acceptors (Lipinski definition) is 3. The van der Waals surface area contributed by atoms with E-state index in [0.29, 0.717) is 15.6 Å². The first-order chi connectivity index (χ1) is 6.09. The van der Waals surface area contributed by atoms with Crippen molar-refractivity contribution in [3.63, 3.8) is 0 Å². The van der Waals surface area contributed by atoms with Crippen molar-refractivity contribution in [2.24, 2.45) is 0 Å². The number of benzene rings is 1. The number of rotatable bonds is 3. The molecule has 3 nitrogen and oxygen atoms in total. The summed E-state index contributed by atoms with van der Waals surface area (Å²) < 4.78 is 24.5. The van der Waals surface area contributed by atoms with E-state index < -0.39 is 11.4 Å². The van der Waals surface area contributed by atoms with Crippen LogP contribution in [-0.2, 0) is 22.2 Å². The average Bonchev–Trinajstić information content (AvgIpc) is 2.06. The normalized spacial score (nSPS) is 12.8. The highest BCUT2D eigenvalue weighted by molar-refractivity contribution is 7.74. The molecule has 1 aromatic rings. The van der Waals surface area contributed by atoms with Gasteiger partial charge in [0.05, 0.1) is 18.0 Å². The van der Waals surface area contributed by atoms with E-state index in [1.54, 1.807) is 18.2 Å². The van der Waals surface area contributed by atoms with Crippen molar-refractivity contribution >= 4 is 34.6 Å². The summed E-state index contributed by atoms with van der Waals surface area (Å²) in [6.07, 6.45) is 0. The van der Waals surface area contributed by atoms with Gasteiger partial charge >= 0.3 is 0 Å². The summed E-state index contributed by atoms with van der Waals surface area (Å²) in [5.41, 5.74) is 0.540. The second-order valence-corrected chi connectivity index (χ2v) is 3.69. The summed E-state index contributed by atoms with van der Waals surface area (Å²) in [5, 5.41) is 0.912. The molecule has 0 aliphatic heterocycles. The molecule has 0 aliphatic carbocycles. The number of hydrogen-bond donors (Lipinski definition) is 0. The minimum atomic E-state index is -2.53. The van der Waals surface area contributed by atoms with E-state index in [2.05, 4.69) is 4.18 Å². The molecule has 0 heterocycles. The van der Waals surface area contributed by atoms with Gasteiger partial charge in [0, 0.05) is 10.0 Å². The van der Waals surface area contributed by atoms with E-state index in [4.69, 9.17) is 23.2 Å². The fourth-order valence-corrected chi connectivity index (χ4v) is 1.36. The number of halogens is 2. The van der Waals surface area contributed by atoms with Crippen LogP contribution in [0.1, 0.15) is 5.56 Å². The molecule has 13 heavy (non-hydrogen) atoms. The van der Waals surface area contributed by atoms with Gasteiger partial charge in [-0.25, -0.2) is 4.21 Å². The monoisotopic (exact) mass is 239 g/mol. The van der Waals surface area contributed by atoms with Crippen molar-refractivity contribution in [2.45, 2.75) is 6.61 Å². The summed E-state index contributed by atoms with van der Waals surface area (Å²) in [4.78, 5) is 0. The van der Waals surface area contributed by atoms with E-state index in [9.17, 15) is 8.76 Å². The van der Waals surface area contributed by atoms with Crippen LogP contribution in [0.25, 0.3) is 0 Å². The third-order valence-electron chi connectivity index (χ3n) is 1.32. The van der Waals surface area contributed by atoms with Gasteiger partial charge in [-0.05, 0) is 23.8 Å². The van der Waals surface area contributed by atoms with E-state index in [0.717, 1.165) is 0 Å². The zero-order valence-corrected chi connectivity index (χ0v) is 8.66. The van der Waals surface area contributed by atoms with Crippen LogP contribution in [0.3, 0.4) is 0 Å². The molecule has 1 rings (SSSR count). The lowest BCUT2D eigenvalue weighted by Crippen LogP contribution is -1.96. The third kappa shape index (κ3) is 3.62. The van der Waals surface area contributed by atoms with Crippen molar-refractivity contribution in [3.05, 3.63) is 33.8 Å². The molecule has 6 heteroatoms. The molecule has 0 saturated heterocycles. The predicted molar refractivity (Wildman–Crippen MR) is 50.2 cm³/mol. The van der Waals surface area contributed by atoms with Crippen LogP contribution < -0.4 is 0 Å². The van der Waals surface area contributed by atoms with Crippen LogP contribution in [0.5, 0.6) is 0 Å². The molecule has 0 N–H and O–H groups in total. The average molecular weight is 240 g/mol. The minimum Gasteiger partial charge on any atom is -0.750 e. The molecule has 0 amide bonds. The van der Waals surface area contributed by atoms with Gasteiger partial charge in [0.1, 0.15) is 0 Å². The topological polar surface area (TPSA) is 49.4 Å². The van der Waals surface area contributed by atoms with Crippen LogP contribution in [0.2, 0.25) is 10.0 Å².